The Hall–Kier alpha value is -2.01. The highest BCUT2D eigenvalue weighted by molar-refractivity contribution is 5.85. The first-order valence-electron chi connectivity index (χ1n) is 10.8. The fourth-order valence-electron chi connectivity index (χ4n) is 3.19. The van der Waals surface area contributed by atoms with E-state index >= 15 is 0 Å². The smallest absolute Gasteiger partial charge is 0.125 e. The van der Waals surface area contributed by atoms with Crippen LogP contribution in [-0.4, -0.2) is 50.6 Å². The van der Waals surface area contributed by atoms with Gasteiger partial charge < -0.3 is 14.3 Å². The molecule has 0 aliphatic rings. The van der Waals surface area contributed by atoms with Gasteiger partial charge in [0.2, 0.25) is 0 Å². The van der Waals surface area contributed by atoms with Crippen LogP contribution in [-0.2, 0) is 4.84 Å². The number of rotatable bonds is 15. The minimum Gasteiger partial charge on any atom is -0.493 e. The monoisotopic (exact) mass is 404 g/mol. The zero-order valence-electron chi connectivity index (χ0n) is 19.3. The van der Waals surface area contributed by atoms with Crippen LogP contribution >= 0.6 is 0 Å². The summed E-state index contributed by atoms with van der Waals surface area (Å²) < 4.78 is 11.8. The SMILES string of the molecule is C/C=C/COc1cc(C)c(OCCCCCN(CC)CC(CC)=NOC)c(C)c1. The maximum Gasteiger partial charge on any atom is 0.125 e. The summed E-state index contributed by atoms with van der Waals surface area (Å²) in [6, 6.07) is 4.11. The molecule has 1 aromatic carbocycles. The lowest BCUT2D eigenvalue weighted by Gasteiger charge is -2.20. The number of aryl methyl sites for hydroxylation is 2. The summed E-state index contributed by atoms with van der Waals surface area (Å²) >= 11 is 0. The van der Waals surface area contributed by atoms with Gasteiger partial charge in [-0.1, -0.05) is 31.2 Å². The molecule has 0 aliphatic carbocycles. The molecule has 164 valence electrons. The number of hydrogen-bond acceptors (Lipinski definition) is 5. The minimum absolute atomic E-state index is 0.599. The van der Waals surface area contributed by atoms with Crippen LogP contribution in [0.5, 0.6) is 11.5 Å². The molecule has 29 heavy (non-hydrogen) atoms. The van der Waals surface area contributed by atoms with E-state index in [1.54, 1.807) is 7.11 Å². The summed E-state index contributed by atoms with van der Waals surface area (Å²) in [5.41, 5.74) is 3.35. The maximum atomic E-state index is 6.08. The number of ether oxygens (including phenoxy) is 2. The summed E-state index contributed by atoms with van der Waals surface area (Å²) in [4.78, 5) is 7.34. The lowest BCUT2D eigenvalue weighted by Crippen LogP contribution is -2.30. The lowest BCUT2D eigenvalue weighted by atomic mass is 10.1. The van der Waals surface area contributed by atoms with E-state index in [4.69, 9.17) is 14.3 Å². The first-order chi connectivity index (χ1) is 14.0. The van der Waals surface area contributed by atoms with Gasteiger partial charge in [0, 0.05) is 6.54 Å². The van der Waals surface area contributed by atoms with Crippen molar-refractivity contribution >= 4 is 5.71 Å². The highest BCUT2D eigenvalue weighted by atomic mass is 16.6. The molecule has 0 aliphatic heterocycles. The molecule has 0 fully saturated rings. The van der Waals surface area contributed by atoms with Crippen LogP contribution in [0.25, 0.3) is 0 Å². The van der Waals surface area contributed by atoms with Gasteiger partial charge in [0.05, 0.1) is 12.3 Å². The molecule has 0 saturated heterocycles. The van der Waals surface area contributed by atoms with Crippen LogP contribution in [0, 0.1) is 13.8 Å². The van der Waals surface area contributed by atoms with Gasteiger partial charge in [-0.15, -0.1) is 0 Å². The van der Waals surface area contributed by atoms with E-state index in [1.807, 2.05) is 19.1 Å². The third kappa shape index (κ3) is 9.84. The Morgan fingerprint density at radius 3 is 2.38 bits per heavy atom. The molecular weight excluding hydrogens is 364 g/mol. The largest absolute Gasteiger partial charge is 0.493 e. The van der Waals surface area contributed by atoms with Crippen molar-refractivity contribution in [2.24, 2.45) is 5.16 Å². The second-order valence-electron chi connectivity index (χ2n) is 7.24. The molecule has 5 heteroatoms. The van der Waals surface area contributed by atoms with Crippen LogP contribution in [0.1, 0.15) is 57.6 Å². The molecule has 0 bridgehead atoms. The van der Waals surface area contributed by atoms with E-state index in [0.717, 1.165) is 80.3 Å². The molecule has 0 unspecified atom stereocenters. The van der Waals surface area contributed by atoms with Crippen molar-refractivity contribution in [3.63, 3.8) is 0 Å². The van der Waals surface area contributed by atoms with Crippen LogP contribution in [0.2, 0.25) is 0 Å². The number of hydrogen-bond donors (Lipinski definition) is 0. The standard InChI is InChI=1S/C24H40N2O3/c1-7-10-15-28-23-17-20(4)24(21(5)18-23)29-16-13-11-12-14-26(9-3)19-22(8-2)25-27-6/h7,10,17-18H,8-9,11-16,19H2,1-6H3/b10-7+,25-22?. The van der Waals surface area contributed by atoms with Gasteiger partial charge in [-0.05, 0) is 82.8 Å². The molecule has 0 N–H and O–H groups in total. The average Bonchev–Trinajstić information content (AvgIpc) is 2.70. The number of benzene rings is 1. The normalized spacial score (nSPS) is 12.0. The summed E-state index contributed by atoms with van der Waals surface area (Å²) in [6.07, 6.45) is 8.30. The Labute approximate surface area is 177 Å². The summed E-state index contributed by atoms with van der Waals surface area (Å²) in [6.45, 7) is 14.8. The van der Waals surface area contributed by atoms with E-state index in [0.29, 0.717) is 6.61 Å². The summed E-state index contributed by atoms with van der Waals surface area (Å²) in [5.74, 6) is 1.88. The zero-order chi connectivity index (χ0) is 21.5. The Kier molecular flexibility index (Phi) is 12.9. The fraction of sp³-hybridized carbons (Fsp3) is 0.625. The third-order valence-electron chi connectivity index (χ3n) is 4.86. The first kappa shape index (κ1) is 25.0. The molecule has 5 nitrogen and oxygen atoms in total. The van der Waals surface area contributed by atoms with E-state index in [9.17, 15) is 0 Å². The molecule has 1 aromatic rings. The zero-order valence-corrected chi connectivity index (χ0v) is 19.3. The van der Waals surface area contributed by atoms with E-state index < -0.39 is 0 Å². The van der Waals surface area contributed by atoms with Gasteiger partial charge in [0.15, 0.2) is 0 Å². The highest BCUT2D eigenvalue weighted by Gasteiger charge is 2.08. The van der Waals surface area contributed by atoms with E-state index in [1.165, 1.54) is 0 Å². The molecule has 0 radical (unpaired) electrons. The molecule has 0 aromatic heterocycles. The van der Waals surface area contributed by atoms with Crippen molar-refractivity contribution in [3.05, 3.63) is 35.4 Å². The fourth-order valence-corrected chi connectivity index (χ4v) is 3.19. The predicted molar refractivity (Wildman–Crippen MR) is 122 cm³/mol. The Balaban J connectivity index is 2.36. The number of oxime groups is 1. The lowest BCUT2D eigenvalue weighted by molar-refractivity contribution is 0.208. The quantitative estimate of drug-likeness (QED) is 0.167. The van der Waals surface area contributed by atoms with Crippen molar-refractivity contribution < 1.29 is 14.3 Å². The molecular formula is C24H40N2O3. The summed E-state index contributed by atoms with van der Waals surface area (Å²) in [5, 5.41) is 4.11. The van der Waals surface area contributed by atoms with Gasteiger partial charge in [-0.2, -0.15) is 0 Å². The molecule has 0 amide bonds. The topological polar surface area (TPSA) is 43.3 Å². The average molecular weight is 405 g/mol. The number of allylic oxidation sites excluding steroid dienone is 1. The van der Waals surface area contributed by atoms with E-state index in [2.05, 4.69) is 49.9 Å². The van der Waals surface area contributed by atoms with Crippen LogP contribution in [0.15, 0.2) is 29.4 Å². The van der Waals surface area contributed by atoms with Gasteiger partial charge in [-0.25, -0.2) is 0 Å². The van der Waals surface area contributed by atoms with Crippen molar-refractivity contribution in [1.29, 1.82) is 0 Å². The van der Waals surface area contributed by atoms with Gasteiger partial charge >= 0.3 is 0 Å². The van der Waals surface area contributed by atoms with Crippen molar-refractivity contribution in [1.82, 2.24) is 4.90 Å². The Bertz CT molecular complexity index is 618. The van der Waals surface area contributed by atoms with Crippen LogP contribution < -0.4 is 9.47 Å². The molecule has 0 spiro atoms. The van der Waals surface area contributed by atoms with E-state index in [-0.39, 0.29) is 0 Å². The van der Waals surface area contributed by atoms with Crippen molar-refractivity contribution in [3.8, 4) is 11.5 Å². The van der Waals surface area contributed by atoms with Crippen molar-refractivity contribution in [2.75, 3.05) is 40.0 Å². The molecule has 0 atom stereocenters. The predicted octanol–water partition coefficient (Wildman–Crippen LogP) is 5.54. The number of nitrogens with zero attached hydrogens (tertiary/aromatic N) is 2. The second kappa shape index (κ2) is 14.9. The Morgan fingerprint density at radius 2 is 1.79 bits per heavy atom. The number of unbranched alkanes of at least 4 members (excludes halogenated alkanes) is 2. The van der Waals surface area contributed by atoms with Gasteiger partial charge in [0.1, 0.15) is 25.2 Å². The molecule has 0 saturated carbocycles. The third-order valence-corrected chi connectivity index (χ3v) is 4.86. The van der Waals surface area contributed by atoms with Crippen LogP contribution in [0.3, 0.4) is 0 Å². The highest BCUT2D eigenvalue weighted by Crippen LogP contribution is 2.28. The van der Waals surface area contributed by atoms with Crippen LogP contribution in [0.4, 0.5) is 0 Å². The maximum absolute atomic E-state index is 6.08. The Morgan fingerprint density at radius 1 is 1.07 bits per heavy atom. The van der Waals surface area contributed by atoms with Gasteiger partial charge in [-0.3, -0.25) is 4.90 Å². The minimum atomic E-state index is 0.599. The first-order valence-corrected chi connectivity index (χ1v) is 10.8. The molecule has 1 rings (SSSR count). The molecule has 0 heterocycles. The second-order valence-corrected chi connectivity index (χ2v) is 7.24. The van der Waals surface area contributed by atoms with Gasteiger partial charge in [0.25, 0.3) is 0 Å². The summed E-state index contributed by atoms with van der Waals surface area (Å²) in [7, 11) is 1.61. The van der Waals surface area contributed by atoms with Crippen molar-refractivity contribution in [2.45, 2.75) is 60.3 Å².